The molecule has 0 unspecified atom stereocenters. The molecule has 0 spiro atoms. The number of likely N-dealkylation sites (tertiary alicyclic amines) is 1. The normalized spacial score (nSPS) is 20.6. The first kappa shape index (κ1) is 11.2. The number of nitrogens with zero attached hydrogens (tertiary/aromatic N) is 3. The standard InChI is InChI=1S/C12H18N4/c1-10-7-14-11(15-10)8-16-5-3-12(2,9-13)4-6-16/h7H,3-6,8H2,1-2H3,(H,14,15). The molecule has 0 bridgehead atoms. The van der Waals surface area contributed by atoms with Gasteiger partial charge in [0, 0.05) is 25.0 Å². The lowest BCUT2D eigenvalue weighted by molar-refractivity contribution is 0.148. The summed E-state index contributed by atoms with van der Waals surface area (Å²) in [6, 6.07) is 2.42. The highest BCUT2D eigenvalue weighted by Crippen LogP contribution is 2.30. The molecule has 2 rings (SSSR count). The van der Waals surface area contributed by atoms with Crippen molar-refractivity contribution < 1.29 is 0 Å². The van der Waals surface area contributed by atoms with Gasteiger partial charge < -0.3 is 4.98 Å². The third kappa shape index (κ3) is 2.42. The number of nitrogens with one attached hydrogen (secondary N) is 1. The Morgan fingerprint density at radius 1 is 1.56 bits per heavy atom. The maximum absolute atomic E-state index is 9.04. The molecule has 0 atom stereocenters. The third-order valence-corrected chi connectivity index (χ3v) is 3.36. The number of hydrogen-bond donors (Lipinski definition) is 1. The Balaban J connectivity index is 1.89. The van der Waals surface area contributed by atoms with E-state index < -0.39 is 0 Å². The zero-order chi connectivity index (χ0) is 11.6. The van der Waals surface area contributed by atoms with E-state index in [0.717, 1.165) is 44.0 Å². The molecule has 1 fully saturated rings. The van der Waals surface area contributed by atoms with Crippen LogP contribution in [0.1, 0.15) is 31.3 Å². The Bertz CT molecular complexity index is 393. The van der Waals surface area contributed by atoms with Gasteiger partial charge in [-0.25, -0.2) is 4.98 Å². The SMILES string of the molecule is Cc1cnc(CN2CCC(C)(C#N)CC2)[nH]1. The van der Waals surface area contributed by atoms with Crippen LogP contribution in [0.5, 0.6) is 0 Å². The number of hydrogen-bond acceptors (Lipinski definition) is 3. The van der Waals surface area contributed by atoms with Gasteiger partial charge in [-0.3, -0.25) is 4.90 Å². The van der Waals surface area contributed by atoms with Gasteiger partial charge in [0.2, 0.25) is 0 Å². The fourth-order valence-corrected chi connectivity index (χ4v) is 2.08. The Hall–Kier alpha value is -1.34. The van der Waals surface area contributed by atoms with Gasteiger partial charge in [-0.1, -0.05) is 0 Å². The van der Waals surface area contributed by atoms with Crippen LogP contribution in [0.4, 0.5) is 0 Å². The first-order chi connectivity index (χ1) is 7.61. The average molecular weight is 218 g/mol. The number of aromatic amines is 1. The molecular weight excluding hydrogens is 200 g/mol. The molecule has 1 aliphatic heterocycles. The topological polar surface area (TPSA) is 55.7 Å². The van der Waals surface area contributed by atoms with Crippen molar-refractivity contribution in [3.63, 3.8) is 0 Å². The Labute approximate surface area is 96.3 Å². The number of aryl methyl sites for hydroxylation is 1. The summed E-state index contributed by atoms with van der Waals surface area (Å²) in [5.41, 5.74) is 0.990. The first-order valence-corrected chi connectivity index (χ1v) is 5.75. The number of aromatic nitrogens is 2. The van der Waals surface area contributed by atoms with Crippen LogP contribution in [0, 0.1) is 23.7 Å². The van der Waals surface area contributed by atoms with Crippen LogP contribution in [-0.2, 0) is 6.54 Å². The maximum Gasteiger partial charge on any atom is 0.120 e. The van der Waals surface area contributed by atoms with E-state index >= 15 is 0 Å². The van der Waals surface area contributed by atoms with E-state index in [4.69, 9.17) is 5.26 Å². The Kier molecular flexibility index (Phi) is 2.97. The minimum absolute atomic E-state index is 0.115. The lowest BCUT2D eigenvalue weighted by Gasteiger charge is -2.34. The van der Waals surface area contributed by atoms with Gasteiger partial charge in [0.15, 0.2) is 0 Å². The predicted octanol–water partition coefficient (Wildman–Crippen LogP) is 1.84. The molecule has 1 aliphatic rings. The molecule has 4 nitrogen and oxygen atoms in total. The highest BCUT2D eigenvalue weighted by Gasteiger charge is 2.29. The summed E-state index contributed by atoms with van der Waals surface area (Å²) < 4.78 is 0. The monoisotopic (exact) mass is 218 g/mol. The summed E-state index contributed by atoms with van der Waals surface area (Å²) in [7, 11) is 0. The number of nitriles is 1. The fraction of sp³-hybridized carbons (Fsp3) is 0.667. The summed E-state index contributed by atoms with van der Waals surface area (Å²) in [5, 5.41) is 9.04. The second-order valence-electron chi connectivity index (χ2n) is 4.96. The highest BCUT2D eigenvalue weighted by atomic mass is 15.2. The molecule has 16 heavy (non-hydrogen) atoms. The van der Waals surface area contributed by atoms with E-state index in [2.05, 4.69) is 27.9 Å². The molecule has 1 aromatic rings. The molecule has 0 aromatic carbocycles. The lowest BCUT2D eigenvalue weighted by atomic mass is 9.82. The van der Waals surface area contributed by atoms with E-state index in [1.165, 1.54) is 0 Å². The second-order valence-corrected chi connectivity index (χ2v) is 4.96. The molecule has 1 aromatic heterocycles. The third-order valence-electron chi connectivity index (χ3n) is 3.36. The summed E-state index contributed by atoms with van der Waals surface area (Å²) in [6.45, 7) is 6.92. The van der Waals surface area contributed by atoms with Gasteiger partial charge in [0.1, 0.15) is 5.82 Å². The fourth-order valence-electron chi connectivity index (χ4n) is 2.08. The number of imidazole rings is 1. The minimum atomic E-state index is -0.115. The number of H-pyrrole nitrogens is 1. The molecule has 0 saturated carbocycles. The van der Waals surface area contributed by atoms with Crippen molar-refractivity contribution >= 4 is 0 Å². The summed E-state index contributed by atoms with van der Waals surface area (Å²) in [5.74, 6) is 1.03. The van der Waals surface area contributed by atoms with E-state index in [1.54, 1.807) is 0 Å². The minimum Gasteiger partial charge on any atom is -0.345 e. The largest absolute Gasteiger partial charge is 0.345 e. The van der Waals surface area contributed by atoms with Crippen molar-refractivity contribution in [3.8, 4) is 6.07 Å². The van der Waals surface area contributed by atoms with E-state index in [1.807, 2.05) is 13.1 Å². The van der Waals surface area contributed by atoms with Gasteiger partial charge in [-0.05, 0) is 26.7 Å². The molecule has 0 radical (unpaired) electrons. The van der Waals surface area contributed by atoms with Crippen LogP contribution in [0.15, 0.2) is 6.20 Å². The zero-order valence-electron chi connectivity index (χ0n) is 9.95. The number of rotatable bonds is 2. The first-order valence-electron chi connectivity index (χ1n) is 5.75. The molecule has 0 aliphatic carbocycles. The zero-order valence-corrected chi connectivity index (χ0v) is 9.95. The molecule has 0 amide bonds. The van der Waals surface area contributed by atoms with Crippen LogP contribution in [0.3, 0.4) is 0 Å². The van der Waals surface area contributed by atoms with Crippen molar-refractivity contribution in [1.82, 2.24) is 14.9 Å². The average Bonchev–Trinajstić information content (AvgIpc) is 2.68. The van der Waals surface area contributed by atoms with E-state index in [9.17, 15) is 0 Å². The summed E-state index contributed by atoms with van der Waals surface area (Å²) >= 11 is 0. The predicted molar refractivity (Wildman–Crippen MR) is 61.6 cm³/mol. The lowest BCUT2D eigenvalue weighted by Crippen LogP contribution is -2.37. The van der Waals surface area contributed by atoms with Gasteiger partial charge in [-0.15, -0.1) is 0 Å². The molecule has 1 saturated heterocycles. The van der Waals surface area contributed by atoms with Crippen LogP contribution in [-0.4, -0.2) is 28.0 Å². The summed E-state index contributed by atoms with van der Waals surface area (Å²) in [4.78, 5) is 9.90. The van der Waals surface area contributed by atoms with Crippen molar-refractivity contribution in [1.29, 1.82) is 5.26 Å². The number of piperidine rings is 1. The molecule has 1 N–H and O–H groups in total. The van der Waals surface area contributed by atoms with Crippen LogP contribution >= 0.6 is 0 Å². The van der Waals surface area contributed by atoms with Gasteiger partial charge in [-0.2, -0.15) is 5.26 Å². The smallest absolute Gasteiger partial charge is 0.120 e. The van der Waals surface area contributed by atoms with E-state index in [-0.39, 0.29) is 5.41 Å². The van der Waals surface area contributed by atoms with Crippen LogP contribution < -0.4 is 0 Å². The van der Waals surface area contributed by atoms with Gasteiger partial charge in [0.25, 0.3) is 0 Å². The van der Waals surface area contributed by atoms with Crippen LogP contribution in [0.25, 0.3) is 0 Å². The van der Waals surface area contributed by atoms with E-state index in [0.29, 0.717) is 0 Å². The molecule has 86 valence electrons. The van der Waals surface area contributed by atoms with Crippen molar-refractivity contribution in [2.75, 3.05) is 13.1 Å². The van der Waals surface area contributed by atoms with Crippen molar-refractivity contribution in [2.45, 2.75) is 33.2 Å². The van der Waals surface area contributed by atoms with Gasteiger partial charge >= 0.3 is 0 Å². The maximum atomic E-state index is 9.04. The van der Waals surface area contributed by atoms with Crippen LogP contribution in [0.2, 0.25) is 0 Å². The summed E-state index contributed by atoms with van der Waals surface area (Å²) in [6.07, 6.45) is 3.78. The van der Waals surface area contributed by atoms with Crippen molar-refractivity contribution in [2.24, 2.45) is 5.41 Å². The Morgan fingerprint density at radius 2 is 2.25 bits per heavy atom. The molecular formula is C12H18N4. The van der Waals surface area contributed by atoms with Crippen molar-refractivity contribution in [3.05, 3.63) is 17.7 Å². The highest BCUT2D eigenvalue weighted by molar-refractivity contribution is 5.01. The van der Waals surface area contributed by atoms with Gasteiger partial charge in [0.05, 0.1) is 18.0 Å². The quantitative estimate of drug-likeness (QED) is 0.824. The molecule has 2 heterocycles. The molecule has 4 heteroatoms. The second kappa shape index (κ2) is 4.26. The Morgan fingerprint density at radius 3 is 2.75 bits per heavy atom.